The molecule has 2 aliphatic heterocycles. The highest BCUT2D eigenvalue weighted by Gasteiger charge is 2.49. The third kappa shape index (κ3) is 1.92. The molecule has 0 aromatic rings. The number of rotatable bonds is 4. The lowest BCUT2D eigenvalue weighted by Crippen LogP contribution is -2.62. The Hall–Kier alpha value is -0.120. The van der Waals surface area contributed by atoms with Gasteiger partial charge in [0.25, 0.3) is 0 Å². The average molecular weight is 237 g/mol. The maximum absolute atomic E-state index is 6.17. The van der Waals surface area contributed by atoms with E-state index >= 15 is 0 Å². The summed E-state index contributed by atoms with van der Waals surface area (Å²) in [6.45, 7) is 8.34. The fraction of sp³-hybridized carbons (Fsp3) is 1.00. The van der Waals surface area contributed by atoms with Crippen LogP contribution >= 0.6 is 0 Å². The Kier molecular flexibility index (Phi) is 3.18. The monoisotopic (exact) mass is 237 g/mol. The predicted molar refractivity (Wildman–Crippen MR) is 71.0 cm³/mol. The van der Waals surface area contributed by atoms with Crippen molar-refractivity contribution >= 4 is 0 Å². The SMILES string of the molecule is CCC(CN)(C1CC1)N1CCN2CCCC2C1. The highest BCUT2D eigenvalue weighted by Crippen LogP contribution is 2.45. The third-order valence-corrected chi connectivity index (χ3v) is 5.52. The molecule has 2 atom stereocenters. The van der Waals surface area contributed by atoms with Crippen molar-refractivity contribution in [2.24, 2.45) is 11.7 Å². The minimum absolute atomic E-state index is 0.342. The fourth-order valence-electron chi connectivity index (χ4n) is 4.23. The highest BCUT2D eigenvalue weighted by atomic mass is 15.3. The maximum atomic E-state index is 6.17. The molecule has 0 bridgehead atoms. The molecule has 2 heterocycles. The molecule has 0 amide bonds. The number of hydrogen-bond acceptors (Lipinski definition) is 3. The zero-order chi connectivity index (χ0) is 11.9. The van der Waals surface area contributed by atoms with Crippen LogP contribution in [0.1, 0.15) is 39.0 Å². The lowest BCUT2D eigenvalue weighted by molar-refractivity contribution is 0.00304. The Morgan fingerprint density at radius 1 is 1.18 bits per heavy atom. The molecule has 3 aliphatic rings. The Morgan fingerprint density at radius 3 is 2.65 bits per heavy atom. The first-order valence-corrected chi connectivity index (χ1v) is 7.49. The van der Waals surface area contributed by atoms with Crippen LogP contribution in [0.25, 0.3) is 0 Å². The van der Waals surface area contributed by atoms with Crippen LogP contribution in [0.4, 0.5) is 0 Å². The van der Waals surface area contributed by atoms with Crippen LogP contribution < -0.4 is 5.73 Å². The van der Waals surface area contributed by atoms with Gasteiger partial charge in [-0.3, -0.25) is 9.80 Å². The molecule has 3 heteroatoms. The van der Waals surface area contributed by atoms with Gasteiger partial charge in [0.05, 0.1) is 0 Å². The number of nitrogens with two attached hydrogens (primary N) is 1. The van der Waals surface area contributed by atoms with Crippen molar-refractivity contribution in [1.29, 1.82) is 0 Å². The van der Waals surface area contributed by atoms with Crippen LogP contribution in [0.2, 0.25) is 0 Å². The van der Waals surface area contributed by atoms with Crippen LogP contribution in [0.5, 0.6) is 0 Å². The maximum Gasteiger partial charge on any atom is 0.0358 e. The third-order valence-electron chi connectivity index (χ3n) is 5.52. The summed E-state index contributed by atoms with van der Waals surface area (Å²) in [5.74, 6) is 0.894. The van der Waals surface area contributed by atoms with E-state index in [0.717, 1.165) is 18.5 Å². The van der Waals surface area contributed by atoms with E-state index in [2.05, 4.69) is 16.7 Å². The van der Waals surface area contributed by atoms with E-state index in [9.17, 15) is 0 Å². The van der Waals surface area contributed by atoms with Crippen molar-refractivity contribution in [3.63, 3.8) is 0 Å². The normalized spacial score (nSPS) is 34.6. The summed E-state index contributed by atoms with van der Waals surface area (Å²) in [5.41, 5.74) is 6.51. The van der Waals surface area contributed by atoms with Crippen LogP contribution in [-0.2, 0) is 0 Å². The Balaban J connectivity index is 1.73. The molecular formula is C14H27N3. The van der Waals surface area contributed by atoms with Gasteiger partial charge in [0.1, 0.15) is 0 Å². The van der Waals surface area contributed by atoms with Gasteiger partial charge >= 0.3 is 0 Å². The summed E-state index contributed by atoms with van der Waals surface area (Å²) < 4.78 is 0. The second-order valence-corrected chi connectivity index (χ2v) is 6.21. The molecule has 3 nitrogen and oxygen atoms in total. The van der Waals surface area contributed by atoms with E-state index in [1.807, 2.05) is 0 Å². The topological polar surface area (TPSA) is 32.5 Å². The molecule has 17 heavy (non-hydrogen) atoms. The van der Waals surface area contributed by atoms with E-state index in [0.29, 0.717) is 5.54 Å². The first-order chi connectivity index (χ1) is 8.30. The van der Waals surface area contributed by atoms with Gasteiger partial charge in [0.2, 0.25) is 0 Å². The van der Waals surface area contributed by atoms with Crippen molar-refractivity contribution in [2.75, 3.05) is 32.7 Å². The standard InChI is InChI=1S/C14H27N3/c1-2-14(11-15,12-5-6-12)17-9-8-16-7-3-4-13(16)10-17/h12-13H,2-11,15H2,1H3. The Morgan fingerprint density at radius 2 is 2.00 bits per heavy atom. The van der Waals surface area contributed by atoms with Crippen molar-refractivity contribution in [3.05, 3.63) is 0 Å². The number of piperazine rings is 1. The summed E-state index contributed by atoms with van der Waals surface area (Å²) in [5, 5.41) is 0. The van der Waals surface area contributed by atoms with Gasteiger partial charge in [-0.2, -0.15) is 0 Å². The van der Waals surface area contributed by atoms with Crippen molar-refractivity contribution in [1.82, 2.24) is 9.80 Å². The second kappa shape index (κ2) is 4.52. The van der Waals surface area contributed by atoms with E-state index in [4.69, 9.17) is 5.73 Å². The molecule has 0 spiro atoms. The van der Waals surface area contributed by atoms with Crippen molar-refractivity contribution in [2.45, 2.75) is 50.6 Å². The number of hydrogen-bond donors (Lipinski definition) is 1. The summed E-state index contributed by atoms with van der Waals surface area (Å²) in [4.78, 5) is 5.46. The first kappa shape index (κ1) is 11.9. The Labute approximate surface area is 105 Å². The number of fused-ring (bicyclic) bond motifs is 1. The van der Waals surface area contributed by atoms with Gasteiger partial charge in [0.15, 0.2) is 0 Å². The van der Waals surface area contributed by atoms with Gasteiger partial charge < -0.3 is 5.73 Å². The minimum Gasteiger partial charge on any atom is -0.329 e. The predicted octanol–water partition coefficient (Wildman–Crippen LogP) is 1.28. The summed E-state index contributed by atoms with van der Waals surface area (Å²) in [6, 6.07) is 0.833. The molecule has 2 unspecified atom stereocenters. The van der Waals surface area contributed by atoms with Gasteiger partial charge in [-0.25, -0.2) is 0 Å². The minimum atomic E-state index is 0.342. The molecule has 2 saturated heterocycles. The molecule has 1 aliphatic carbocycles. The first-order valence-electron chi connectivity index (χ1n) is 7.49. The molecular weight excluding hydrogens is 210 g/mol. The van der Waals surface area contributed by atoms with Crippen LogP contribution in [0, 0.1) is 5.92 Å². The zero-order valence-electron chi connectivity index (χ0n) is 11.2. The second-order valence-electron chi connectivity index (χ2n) is 6.21. The largest absolute Gasteiger partial charge is 0.329 e. The fourth-order valence-corrected chi connectivity index (χ4v) is 4.23. The quantitative estimate of drug-likeness (QED) is 0.799. The van der Waals surface area contributed by atoms with Gasteiger partial charge in [-0.15, -0.1) is 0 Å². The molecule has 3 rings (SSSR count). The summed E-state index contributed by atoms with van der Waals surface area (Å²) in [6.07, 6.45) is 6.88. The molecule has 1 saturated carbocycles. The van der Waals surface area contributed by atoms with E-state index in [1.165, 1.54) is 58.3 Å². The van der Waals surface area contributed by atoms with E-state index < -0.39 is 0 Å². The lowest BCUT2D eigenvalue weighted by atomic mass is 9.86. The molecule has 0 aromatic carbocycles. The number of nitrogens with zero attached hydrogens (tertiary/aromatic N) is 2. The van der Waals surface area contributed by atoms with Gasteiger partial charge in [-0.05, 0) is 44.6 Å². The highest BCUT2D eigenvalue weighted by molar-refractivity contribution is 5.05. The molecule has 2 N–H and O–H groups in total. The van der Waals surface area contributed by atoms with Crippen molar-refractivity contribution in [3.8, 4) is 0 Å². The van der Waals surface area contributed by atoms with Gasteiger partial charge in [-0.1, -0.05) is 6.92 Å². The molecule has 3 fully saturated rings. The van der Waals surface area contributed by atoms with Gasteiger partial charge in [0, 0.05) is 37.8 Å². The molecule has 98 valence electrons. The smallest absolute Gasteiger partial charge is 0.0358 e. The van der Waals surface area contributed by atoms with Crippen LogP contribution in [0.15, 0.2) is 0 Å². The van der Waals surface area contributed by atoms with Crippen molar-refractivity contribution < 1.29 is 0 Å². The zero-order valence-corrected chi connectivity index (χ0v) is 11.2. The lowest BCUT2D eigenvalue weighted by Gasteiger charge is -2.49. The van der Waals surface area contributed by atoms with E-state index in [1.54, 1.807) is 0 Å². The van der Waals surface area contributed by atoms with E-state index in [-0.39, 0.29) is 0 Å². The summed E-state index contributed by atoms with van der Waals surface area (Å²) >= 11 is 0. The van der Waals surface area contributed by atoms with Crippen LogP contribution in [0.3, 0.4) is 0 Å². The molecule has 0 radical (unpaired) electrons. The summed E-state index contributed by atoms with van der Waals surface area (Å²) in [7, 11) is 0. The molecule has 0 aromatic heterocycles. The Bertz CT molecular complexity index is 271. The van der Waals surface area contributed by atoms with Crippen LogP contribution in [-0.4, -0.2) is 54.1 Å². The average Bonchev–Trinajstić information content (AvgIpc) is 3.10.